The fraction of sp³-hybridized carbons (Fsp3) is 0.182. The standard InChI is InChI=1S/C11H10ClNO/c1-6-4-3-5-8-9(12)11(7(2)14)13-10(6)8/h3-5,13H,1-2H3. The largest absolute Gasteiger partial charge is 0.351 e. The van der Waals surface area contributed by atoms with E-state index in [1.54, 1.807) is 0 Å². The lowest BCUT2D eigenvalue weighted by Crippen LogP contribution is -1.91. The number of nitrogens with one attached hydrogen (secondary N) is 1. The van der Waals surface area contributed by atoms with Gasteiger partial charge >= 0.3 is 0 Å². The number of aromatic amines is 1. The number of H-pyrrole nitrogens is 1. The number of aryl methyl sites for hydroxylation is 1. The van der Waals surface area contributed by atoms with Crippen LogP contribution in [0, 0.1) is 6.92 Å². The highest BCUT2D eigenvalue weighted by Gasteiger charge is 2.13. The first-order valence-corrected chi connectivity index (χ1v) is 4.77. The van der Waals surface area contributed by atoms with Crippen LogP contribution in [-0.2, 0) is 0 Å². The van der Waals surface area contributed by atoms with Gasteiger partial charge in [0.2, 0.25) is 0 Å². The Morgan fingerprint density at radius 2 is 2.14 bits per heavy atom. The van der Waals surface area contributed by atoms with E-state index in [1.165, 1.54) is 6.92 Å². The maximum absolute atomic E-state index is 11.2. The molecule has 0 saturated carbocycles. The zero-order valence-electron chi connectivity index (χ0n) is 8.02. The molecule has 72 valence electrons. The first kappa shape index (κ1) is 9.28. The van der Waals surface area contributed by atoms with E-state index >= 15 is 0 Å². The lowest BCUT2D eigenvalue weighted by molar-refractivity contribution is 0.101. The molecule has 0 unspecified atom stereocenters. The van der Waals surface area contributed by atoms with E-state index in [-0.39, 0.29) is 5.78 Å². The van der Waals surface area contributed by atoms with Crippen molar-refractivity contribution in [2.24, 2.45) is 0 Å². The highest BCUT2D eigenvalue weighted by molar-refractivity contribution is 6.38. The Morgan fingerprint density at radius 3 is 2.71 bits per heavy atom. The van der Waals surface area contributed by atoms with E-state index in [0.29, 0.717) is 10.7 Å². The number of carbonyl (C=O) groups excluding carboxylic acids is 1. The average Bonchev–Trinajstić information content (AvgIpc) is 2.46. The maximum Gasteiger partial charge on any atom is 0.177 e. The van der Waals surface area contributed by atoms with Gasteiger partial charge in [0.25, 0.3) is 0 Å². The topological polar surface area (TPSA) is 32.9 Å². The molecule has 0 saturated heterocycles. The third kappa shape index (κ3) is 1.23. The van der Waals surface area contributed by atoms with Gasteiger partial charge in [-0.3, -0.25) is 4.79 Å². The van der Waals surface area contributed by atoms with Crippen LogP contribution in [0.15, 0.2) is 18.2 Å². The lowest BCUT2D eigenvalue weighted by Gasteiger charge is -1.93. The van der Waals surface area contributed by atoms with Gasteiger partial charge in [0, 0.05) is 12.3 Å². The molecule has 0 amide bonds. The molecule has 14 heavy (non-hydrogen) atoms. The summed E-state index contributed by atoms with van der Waals surface area (Å²) in [6.45, 7) is 3.49. The SMILES string of the molecule is CC(=O)c1[nH]c2c(C)cccc2c1Cl. The third-order valence-corrected chi connectivity index (χ3v) is 2.72. The van der Waals surface area contributed by atoms with Crippen LogP contribution in [0.4, 0.5) is 0 Å². The van der Waals surface area contributed by atoms with Crippen LogP contribution in [-0.4, -0.2) is 10.8 Å². The van der Waals surface area contributed by atoms with E-state index in [1.807, 2.05) is 25.1 Å². The second kappa shape index (κ2) is 3.14. The molecule has 0 spiro atoms. The van der Waals surface area contributed by atoms with Crippen LogP contribution in [0.3, 0.4) is 0 Å². The highest BCUT2D eigenvalue weighted by Crippen LogP contribution is 2.29. The van der Waals surface area contributed by atoms with Crippen LogP contribution >= 0.6 is 11.6 Å². The molecule has 0 aliphatic heterocycles. The maximum atomic E-state index is 11.2. The number of halogens is 1. The Morgan fingerprint density at radius 1 is 1.43 bits per heavy atom. The first-order chi connectivity index (χ1) is 6.61. The van der Waals surface area contributed by atoms with Gasteiger partial charge in [-0.1, -0.05) is 29.8 Å². The predicted octanol–water partition coefficient (Wildman–Crippen LogP) is 3.33. The summed E-state index contributed by atoms with van der Waals surface area (Å²) in [5, 5.41) is 1.44. The average molecular weight is 208 g/mol. The van der Waals surface area contributed by atoms with Gasteiger partial charge < -0.3 is 4.98 Å². The normalized spacial score (nSPS) is 10.8. The summed E-state index contributed by atoms with van der Waals surface area (Å²) in [6.07, 6.45) is 0. The third-order valence-electron chi connectivity index (χ3n) is 2.33. The second-order valence-corrected chi connectivity index (χ2v) is 3.75. The van der Waals surface area contributed by atoms with E-state index in [9.17, 15) is 4.79 Å². The molecule has 1 aromatic carbocycles. The van der Waals surface area contributed by atoms with Crippen LogP contribution in [0.25, 0.3) is 10.9 Å². The van der Waals surface area contributed by atoms with Crippen molar-refractivity contribution in [3.8, 4) is 0 Å². The molecule has 0 aliphatic carbocycles. The van der Waals surface area contributed by atoms with Crippen LogP contribution in [0.5, 0.6) is 0 Å². The fourth-order valence-electron chi connectivity index (χ4n) is 1.57. The Labute approximate surface area is 86.9 Å². The molecule has 0 fully saturated rings. The van der Waals surface area contributed by atoms with Crippen molar-refractivity contribution in [3.05, 3.63) is 34.5 Å². The second-order valence-electron chi connectivity index (χ2n) is 3.37. The molecule has 0 bridgehead atoms. The van der Waals surface area contributed by atoms with Gasteiger partial charge in [0.15, 0.2) is 5.78 Å². The molecule has 0 radical (unpaired) electrons. The monoisotopic (exact) mass is 207 g/mol. The van der Waals surface area contributed by atoms with E-state index in [0.717, 1.165) is 16.5 Å². The Hall–Kier alpha value is -1.28. The molecule has 0 aliphatic rings. The zero-order chi connectivity index (χ0) is 10.3. The summed E-state index contributed by atoms with van der Waals surface area (Å²) >= 11 is 6.07. The zero-order valence-corrected chi connectivity index (χ0v) is 8.77. The van der Waals surface area contributed by atoms with Gasteiger partial charge in [0.05, 0.1) is 10.5 Å². The van der Waals surface area contributed by atoms with Gasteiger partial charge in [-0.15, -0.1) is 0 Å². The van der Waals surface area contributed by atoms with Crippen LogP contribution in [0.1, 0.15) is 23.0 Å². The number of fused-ring (bicyclic) bond motifs is 1. The molecular formula is C11H10ClNO. The number of hydrogen-bond donors (Lipinski definition) is 1. The summed E-state index contributed by atoms with van der Waals surface area (Å²) in [5.74, 6) is -0.0365. The molecule has 0 atom stereocenters. The van der Waals surface area contributed by atoms with E-state index in [4.69, 9.17) is 11.6 Å². The summed E-state index contributed by atoms with van der Waals surface area (Å²) in [4.78, 5) is 14.3. The van der Waals surface area contributed by atoms with E-state index in [2.05, 4.69) is 4.98 Å². The molecule has 1 N–H and O–H groups in total. The molecule has 2 aromatic rings. The number of para-hydroxylation sites is 1. The van der Waals surface area contributed by atoms with E-state index < -0.39 is 0 Å². The van der Waals surface area contributed by atoms with Crippen molar-refractivity contribution in [1.82, 2.24) is 4.98 Å². The summed E-state index contributed by atoms with van der Waals surface area (Å²) in [5.41, 5.74) is 2.54. The minimum atomic E-state index is -0.0365. The minimum Gasteiger partial charge on any atom is -0.351 e. The number of ketones is 1. The van der Waals surface area contributed by atoms with Crippen molar-refractivity contribution in [3.63, 3.8) is 0 Å². The Kier molecular flexibility index (Phi) is 2.08. The fourth-order valence-corrected chi connectivity index (χ4v) is 1.91. The van der Waals surface area contributed by atoms with Crippen LogP contribution < -0.4 is 0 Å². The summed E-state index contributed by atoms with van der Waals surface area (Å²) < 4.78 is 0. The summed E-state index contributed by atoms with van der Waals surface area (Å²) in [7, 11) is 0. The molecule has 2 nitrogen and oxygen atoms in total. The van der Waals surface area contributed by atoms with Crippen molar-refractivity contribution in [2.75, 3.05) is 0 Å². The number of carbonyl (C=O) groups is 1. The molecule has 1 heterocycles. The quantitative estimate of drug-likeness (QED) is 0.715. The number of rotatable bonds is 1. The number of Topliss-reactive ketones (excluding diaryl/α,β-unsaturated/α-hetero) is 1. The Balaban J connectivity index is 2.86. The molecule has 3 heteroatoms. The van der Waals surface area contributed by atoms with Crippen LogP contribution in [0.2, 0.25) is 5.02 Å². The predicted molar refractivity (Wildman–Crippen MR) is 58.1 cm³/mol. The van der Waals surface area contributed by atoms with Gasteiger partial charge in [0.1, 0.15) is 5.69 Å². The lowest BCUT2D eigenvalue weighted by atomic mass is 10.2. The minimum absolute atomic E-state index is 0.0365. The number of benzene rings is 1. The van der Waals surface area contributed by atoms with Gasteiger partial charge in [-0.05, 0) is 12.5 Å². The molecule has 2 rings (SSSR count). The van der Waals surface area contributed by atoms with Crippen molar-refractivity contribution in [2.45, 2.75) is 13.8 Å². The number of aromatic nitrogens is 1. The van der Waals surface area contributed by atoms with Crippen molar-refractivity contribution in [1.29, 1.82) is 0 Å². The van der Waals surface area contributed by atoms with Crippen molar-refractivity contribution < 1.29 is 4.79 Å². The smallest absolute Gasteiger partial charge is 0.177 e. The van der Waals surface area contributed by atoms with Gasteiger partial charge in [-0.2, -0.15) is 0 Å². The van der Waals surface area contributed by atoms with Gasteiger partial charge in [-0.25, -0.2) is 0 Å². The Bertz CT molecular complexity index is 513. The first-order valence-electron chi connectivity index (χ1n) is 4.39. The summed E-state index contributed by atoms with van der Waals surface area (Å²) in [6, 6.07) is 5.83. The number of hydrogen-bond acceptors (Lipinski definition) is 1. The van der Waals surface area contributed by atoms with Crippen molar-refractivity contribution >= 4 is 28.3 Å². The highest BCUT2D eigenvalue weighted by atomic mass is 35.5. The molecular weight excluding hydrogens is 198 g/mol. The molecule has 1 aromatic heterocycles.